The van der Waals surface area contributed by atoms with E-state index in [0.717, 1.165) is 11.4 Å². The molecule has 1 N–H and O–H groups in total. The molecule has 2 heterocycles. The number of non-ortho nitro benzene ring substituents is 1. The summed E-state index contributed by atoms with van der Waals surface area (Å²) in [5.74, 6) is -0.363. The zero-order chi connectivity index (χ0) is 18.5. The van der Waals surface area contributed by atoms with Gasteiger partial charge in [0.2, 0.25) is 0 Å². The fraction of sp³-hybridized carbons (Fsp3) is 0.333. The van der Waals surface area contributed by atoms with E-state index in [1.54, 1.807) is 6.07 Å². The Kier molecular flexibility index (Phi) is 5.43. The summed E-state index contributed by atoms with van der Waals surface area (Å²) in [6.45, 7) is 4.53. The molecule has 8 nitrogen and oxygen atoms in total. The average Bonchev–Trinajstić information content (AvgIpc) is 2.66. The van der Waals surface area contributed by atoms with Crippen molar-refractivity contribution in [3.63, 3.8) is 0 Å². The number of carbonyl (C=O) groups excluding carboxylic acids is 1. The van der Waals surface area contributed by atoms with Gasteiger partial charge in [-0.15, -0.1) is 0 Å². The van der Waals surface area contributed by atoms with Crippen molar-refractivity contribution in [2.45, 2.75) is 13.5 Å². The topological polar surface area (TPSA) is 97.6 Å². The van der Waals surface area contributed by atoms with Crippen molar-refractivity contribution in [1.29, 1.82) is 0 Å². The Morgan fingerprint density at radius 3 is 2.77 bits per heavy atom. The number of pyridine rings is 1. The Labute approximate surface area is 150 Å². The number of morpholine rings is 1. The van der Waals surface area contributed by atoms with Gasteiger partial charge in [-0.25, -0.2) is 0 Å². The largest absolute Gasteiger partial charge is 0.378 e. The van der Waals surface area contributed by atoms with Gasteiger partial charge in [0.25, 0.3) is 11.6 Å². The molecule has 1 aromatic carbocycles. The van der Waals surface area contributed by atoms with E-state index in [9.17, 15) is 14.9 Å². The van der Waals surface area contributed by atoms with E-state index in [0.29, 0.717) is 32.0 Å². The summed E-state index contributed by atoms with van der Waals surface area (Å²) in [4.78, 5) is 29.7. The first-order valence-corrected chi connectivity index (χ1v) is 8.36. The fourth-order valence-electron chi connectivity index (χ4n) is 2.86. The molecule has 0 saturated carbocycles. The summed E-state index contributed by atoms with van der Waals surface area (Å²) < 4.78 is 5.34. The Balaban J connectivity index is 1.83. The monoisotopic (exact) mass is 356 g/mol. The van der Waals surface area contributed by atoms with Crippen LogP contribution in [-0.2, 0) is 11.3 Å². The van der Waals surface area contributed by atoms with Gasteiger partial charge in [-0.2, -0.15) is 0 Å². The van der Waals surface area contributed by atoms with Crippen molar-refractivity contribution in [2.24, 2.45) is 0 Å². The Morgan fingerprint density at radius 2 is 2.08 bits per heavy atom. The Morgan fingerprint density at radius 1 is 1.31 bits per heavy atom. The second-order valence-electron chi connectivity index (χ2n) is 6.01. The molecule has 1 fully saturated rings. The number of hydrogen-bond acceptors (Lipinski definition) is 6. The zero-order valence-electron chi connectivity index (χ0n) is 14.5. The average molecular weight is 356 g/mol. The Hall–Kier alpha value is -3.00. The lowest BCUT2D eigenvalue weighted by Crippen LogP contribution is -2.38. The van der Waals surface area contributed by atoms with Crippen LogP contribution in [0, 0.1) is 17.0 Å². The number of nitrogens with one attached hydrogen (secondary N) is 1. The van der Waals surface area contributed by atoms with E-state index in [1.807, 2.05) is 30.0 Å². The SMILES string of the molecule is Cc1cccc(CNC(=O)c2cc([N+](=O)[O-])ccc2N2CCOCC2)n1. The molecule has 1 saturated heterocycles. The summed E-state index contributed by atoms with van der Waals surface area (Å²) in [7, 11) is 0. The molecule has 0 atom stereocenters. The second kappa shape index (κ2) is 7.92. The lowest BCUT2D eigenvalue weighted by atomic mass is 10.1. The molecular weight excluding hydrogens is 336 g/mol. The van der Waals surface area contributed by atoms with E-state index in [2.05, 4.69) is 10.3 Å². The number of carbonyl (C=O) groups is 1. The molecule has 8 heteroatoms. The second-order valence-corrected chi connectivity index (χ2v) is 6.01. The van der Waals surface area contributed by atoms with Crippen molar-refractivity contribution >= 4 is 17.3 Å². The van der Waals surface area contributed by atoms with Crippen molar-refractivity contribution in [2.75, 3.05) is 31.2 Å². The van der Waals surface area contributed by atoms with Gasteiger partial charge in [-0.05, 0) is 25.1 Å². The summed E-state index contributed by atoms with van der Waals surface area (Å²) in [6, 6.07) is 9.94. The maximum Gasteiger partial charge on any atom is 0.270 e. The van der Waals surface area contributed by atoms with Crippen LogP contribution in [0.4, 0.5) is 11.4 Å². The minimum absolute atomic E-state index is 0.110. The molecule has 136 valence electrons. The van der Waals surface area contributed by atoms with Crippen LogP contribution in [0.1, 0.15) is 21.7 Å². The molecule has 0 unspecified atom stereocenters. The number of aromatic nitrogens is 1. The normalized spacial score (nSPS) is 14.1. The van der Waals surface area contributed by atoms with Crippen LogP contribution < -0.4 is 10.2 Å². The first kappa shape index (κ1) is 17.8. The summed E-state index contributed by atoms with van der Waals surface area (Å²) in [5, 5.41) is 13.9. The van der Waals surface area contributed by atoms with Gasteiger partial charge >= 0.3 is 0 Å². The van der Waals surface area contributed by atoms with Crippen molar-refractivity contribution < 1.29 is 14.5 Å². The molecule has 2 aromatic rings. The van der Waals surface area contributed by atoms with Crippen LogP contribution >= 0.6 is 0 Å². The van der Waals surface area contributed by atoms with Crippen LogP contribution in [0.15, 0.2) is 36.4 Å². The molecule has 1 amide bonds. The van der Waals surface area contributed by atoms with Crippen molar-refractivity contribution in [3.05, 3.63) is 63.5 Å². The summed E-state index contributed by atoms with van der Waals surface area (Å²) in [5.41, 5.74) is 2.45. The van der Waals surface area contributed by atoms with Gasteiger partial charge in [0, 0.05) is 30.9 Å². The van der Waals surface area contributed by atoms with Gasteiger partial charge in [0.1, 0.15) is 0 Å². The molecule has 1 aromatic heterocycles. The minimum atomic E-state index is -0.498. The predicted octanol–water partition coefficient (Wildman–Crippen LogP) is 2.06. The van der Waals surface area contributed by atoms with E-state index in [-0.39, 0.29) is 23.7 Å². The van der Waals surface area contributed by atoms with Crippen molar-refractivity contribution in [1.82, 2.24) is 10.3 Å². The first-order valence-electron chi connectivity index (χ1n) is 8.36. The smallest absolute Gasteiger partial charge is 0.270 e. The highest BCUT2D eigenvalue weighted by Gasteiger charge is 2.22. The summed E-state index contributed by atoms with van der Waals surface area (Å²) >= 11 is 0. The number of nitro groups is 1. The number of aryl methyl sites for hydroxylation is 1. The number of nitro benzene ring substituents is 1. The summed E-state index contributed by atoms with van der Waals surface area (Å²) in [6.07, 6.45) is 0. The number of nitrogens with zero attached hydrogens (tertiary/aromatic N) is 3. The lowest BCUT2D eigenvalue weighted by molar-refractivity contribution is -0.384. The number of ether oxygens (including phenoxy) is 1. The van der Waals surface area contributed by atoms with E-state index >= 15 is 0 Å². The van der Waals surface area contributed by atoms with Crippen molar-refractivity contribution in [3.8, 4) is 0 Å². The van der Waals surface area contributed by atoms with Gasteiger partial charge in [0.15, 0.2) is 0 Å². The molecule has 0 radical (unpaired) electrons. The number of benzene rings is 1. The Bertz CT molecular complexity index is 819. The van der Waals surface area contributed by atoms with Crippen LogP contribution in [0.5, 0.6) is 0 Å². The molecule has 1 aliphatic heterocycles. The van der Waals surface area contributed by atoms with Crippen LogP contribution in [0.25, 0.3) is 0 Å². The highest BCUT2D eigenvalue weighted by atomic mass is 16.6. The standard InChI is InChI=1S/C18H20N4O4/c1-13-3-2-4-14(20-13)12-19-18(23)16-11-15(22(24)25)5-6-17(16)21-7-9-26-10-8-21/h2-6,11H,7-10,12H2,1H3,(H,19,23). The highest BCUT2D eigenvalue weighted by Crippen LogP contribution is 2.26. The number of anilines is 1. The quantitative estimate of drug-likeness (QED) is 0.650. The molecular formula is C18H20N4O4. The predicted molar refractivity (Wildman–Crippen MR) is 96.3 cm³/mol. The van der Waals surface area contributed by atoms with Crippen LogP contribution in [-0.4, -0.2) is 42.1 Å². The third-order valence-electron chi connectivity index (χ3n) is 4.16. The van der Waals surface area contributed by atoms with E-state index in [1.165, 1.54) is 12.1 Å². The number of hydrogen-bond donors (Lipinski definition) is 1. The van der Waals surface area contributed by atoms with Crippen LogP contribution in [0.2, 0.25) is 0 Å². The zero-order valence-corrected chi connectivity index (χ0v) is 14.5. The third-order valence-corrected chi connectivity index (χ3v) is 4.16. The number of rotatable bonds is 5. The molecule has 0 bridgehead atoms. The van der Waals surface area contributed by atoms with Crippen LogP contribution in [0.3, 0.4) is 0 Å². The fourth-order valence-corrected chi connectivity index (χ4v) is 2.86. The third kappa shape index (κ3) is 4.15. The molecule has 0 spiro atoms. The maximum atomic E-state index is 12.7. The van der Waals surface area contributed by atoms with Gasteiger partial charge in [-0.3, -0.25) is 19.9 Å². The van der Waals surface area contributed by atoms with E-state index < -0.39 is 4.92 Å². The molecule has 0 aliphatic carbocycles. The molecule has 26 heavy (non-hydrogen) atoms. The van der Waals surface area contributed by atoms with Gasteiger partial charge in [0.05, 0.1) is 41.6 Å². The maximum absolute atomic E-state index is 12.7. The first-order chi connectivity index (χ1) is 12.5. The number of amides is 1. The minimum Gasteiger partial charge on any atom is -0.378 e. The lowest BCUT2D eigenvalue weighted by Gasteiger charge is -2.30. The highest BCUT2D eigenvalue weighted by molar-refractivity contribution is 6.00. The van der Waals surface area contributed by atoms with Gasteiger partial charge < -0.3 is 15.0 Å². The van der Waals surface area contributed by atoms with Gasteiger partial charge in [-0.1, -0.05) is 6.07 Å². The molecule has 3 rings (SSSR count). The molecule has 1 aliphatic rings. The van der Waals surface area contributed by atoms with E-state index in [4.69, 9.17) is 4.74 Å².